The first kappa shape index (κ1) is 20.2. The number of hydrogen-bond donors (Lipinski definition) is 2. The third-order valence-electron chi connectivity index (χ3n) is 3.67. The Morgan fingerprint density at radius 3 is 2.35 bits per heavy atom. The fourth-order valence-corrected chi connectivity index (χ4v) is 3.12. The van der Waals surface area contributed by atoms with E-state index in [1.807, 2.05) is 0 Å². The highest BCUT2D eigenvalue weighted by Crippen LogP contribution is 2.24. The van der Waals surface area contributed by atoms with Gasteiger partial charge < -0.3 is 10.1 Å². The number of halogens is 1. The number of carbonyl (C=O) groups is 1. The molecule has 0 heterocycles. The summed E-state index contributed by atoms with van der Waals surface area (Å²) in [4.78, 5) is 12.2. The van der Waals surface area contributed by atoms with E-state index in [1.165, 1.54) is 7.05 Å². The molecule has 0 aliphatic carbocycles. The molecule has 0 bridgehead atoms. The van der Waals surface area contributed by atoms with Crippen LogP contribution in [-0.2, 0) is 27.1 Å². The van der Waals surface area contributed by atoms with Gasteiger partial charge in [0.15, 0.2) is 6.10 Å². The predicted molar refractivity (Wildman–Crippen MR) is 102 cm³/mol. The molecule has 1 unspecified atom stereocenters. The van der Waals surface area contributed by atoms with Gasteiger partial charge in [0.1, 0.15) is 5.75 Å². The summed E-state index contributed by atoms with van der Waals surface area (Å²) in [7, 11) is -1.92. The number of carbonyl (C=O) groups excluding carboxylic acids is 1. The second-order valence-corrected chi connectivity index (χ2v) is 8.02. The van der Waals surface area contributed by atoms with Gasteiger partial charge in [0.25, 0.3) is 5.91 Å². The van der Waals surface area contributed by atoms with E-state index in [-0.39, 0.29) is 11.7 Å². The van der Waals surface area contributed by atoms with E-state index < -0.39 is 16.1 Å². The first-order valence-electron chi connectivity index (χ1n) is 7.98. The zero-order chi connectivity index (χ0) is 19.2. The minimum absolute atomic E-state index is 0.0845. The maximum Gasteiger partial charge on any atom is 0.261 e. The zero-order valence-electron chi connectivity index (χ0n) is 14.5. The van der Waals surface area contributed by atoms with Gasteiger partial charge in [-0.3, -0.25) is 4.79 Å². The average Bonchev–Trinajstić information content (AvgIpc) is 2.62. The Balaban J connectivity index is 1.88. The molecule has 2 N–H and O–H groups in total. The Kier molecular flexibility index (Phi) is 7.02. The first-order valence-corrected chi connectivity index (χ1v) is 10.0. The van der Waals surface area contributed by atoms with Crippen LogP contribution in [0.25, 0.3) is 0 Å². The number of sulfonamides is 1. The number of rotatable bonds is 8. The molecule has 140 valence electrons. The molecule has 0 saturated carbocycles. The molecular formula is C18H21ClN2O4S. The summed E-state index contributed by atoms with van der Waals surface area (Å²) in [5, 5.41) is 3.22. The molecule has 1 amide bonds. The van der Waals surface area contributed by atoms with Crippen LogP contribution < -0.4 is 14.8 Å². The summed E-state index contributed by atoms with van der Waals surface area (Å²) >= 11 is 6.01. The van der Waals surface area contributed by atoms with Crippen LogP contribution in [0.4, 0.5) is 0 Å². The molecule has 0 aliphatic heterocycles. The Bertz CT molecular complexity index is 854. The van der Waals surface area contributed by atoms with Gasteiger partial charge in [-0.05, 0) is 37.2 Å². The van der Waals surface area contributed by atoms with Gasteiger partial charge in [-0.25, -0.2) is 13.1 Å². The highest BCUT2D eigenvalue weighted by atomic mass is 35.5. The number of amides is 1. The standard InChI is InChI=1S/C18H21ClN2O4S/c1-13(25-17-6-4-3-5-16(17)19)18(22)21-11-14-7-9-15(10-8-14)12-26(23,24)20-2/h3-10,13,20H,11-12H2,1-2H3,(H,21,22). The highest BCUT2D eigenvalue weighted by Gasteiger charge is 2.15. The molecule has 0 spiro atoms. The molecule has 8 heteroatoms. The lowest BCUT2D eigenvalue weighted by atomic mass is 10.1. The van der Waals surface area contributed by atoms with Gasteiger partial charge >= 0.3 is 0 Å². The lowest BCUT2D eigenvalue weighted by molar-refractivity contribution is -0.127. The van der Waals surface area contributed by atoms with Crippen molar-refractivity contribution in [2.75, 3.05) is 7.05 Å². The summed E-state index contributed by atoms with van der Waals surface area (Å²) in [6.07, 6.45) is -0.699. The molecule has 0 radical (unpaired) electrons. The highest BCUT2D eigenvalue weighted by molar-refractivity contribution is 7.88. The van der Waals surface area contributed by atoms with Crippen LogP contribution in [0.3, 0.4) is 0 Å². The van der Waals surface area contributed by atoms with E-state index in [4.69, 9.17) is 16.3 Å². The Hall–Kier alpha value is -2.09. The fraction of sp³-hybridized carbons (Fsp3) is 0.278. The lowest BCUT2D eigenvalue weighted by Gasteiger charge is -2.15. The second kappa shape index (κ2) is 9.02. The third-order valence-corrected chi connectivity index (χ3v) is 5.31. The van der Waals surface area contributed by atoms with Gasteiger partial charge in [-0.15, -0.1) is 0 Å². The summed E-state index contributed by atoms with van der Waals surface area (Å²) in [6.45, 7) is 1.96. The van der Waals surface area contributed by atoms with Crippen molar-refractivity contribution >= 4 is 27.5 Å². The number of nitrogens with one attached hydrogen (secondary N) is 2. The maximum absolute atomic E-state index is 12.2. The normalized spacial score (nSPS) is 12.4. The van der Waals surface area contributed by atoms with E-state index in [9.17, 15) is 13.2 Å². The van der Waals surface area contributed by atoms with Crippen LogP contribution in [0, 0.1) is 0 Å². The molecule has 0 saturated heterocycles. The van der Waals surface area contributed by atoms with Crippen molar-refractivity contribution in [2.24, 2.45) is 0 Å². The van der Waals surface area contributed by atoms with Crippen LogP contribution in [-0.4, -0.2) is 27.5 Å². The van der Waals surface area contributed by atoms with Crippen LogP contribution in [0.5, 0.6) is 5.75 Å². The molecular weight excluding hydrogens is 376 g/mol. The van der Waals surface area contributed by atoms with Gasteiger partial charge in [0, 0.05) is 6.54 Å². The molecule has 0 fully saturated rings. The van der Waals surface area contributed by atoms with E-state index in [2.05, 4.69) is 10.0 Å². The van der Waals surface area contributed by atoms with Gasteiger partial charge in [0.05, 0.1) is 10.8 Å². The smallest absolute Gasteiger partial charge is 0.261 e. The van der Waals surface area contributed by atoms with Gasteiger partial charge in [0.2, 0.25) is 10.0 Å². The van der Waals surface area contributed by atoms with Gasteiger partial charge in [-0.2, -0.15) is 0 Å². The van der Waals surface area contributed by atoms with E-state index in [1.54, 1.807) is 55.5 Å². The zero-order valence-corrected chi connectivity index (χ0v) is 16.1. The predicted octanol–water partition coefficient (Wildman–Crippen LogP) is 2.47. The number of ether oxygens (including phenoxy) is 1. The van der Waals surface area contributed by atoms with Crippen molar-refractivity contribution in [3.05, 3.63) is 64.7 Å². The SMILES string of the molecule is CNS(=O)(=O)Cc1ccc(CNC(=O)C(C)Oc2ccccc2Cl)cc1. The van der Waals surface area contributed by atoms with Crippen molar-refractivity contribution in [2.45, 2.75) is 25.3 Å². The maximum atomic E-state index is 12.2. The topological polar surface area (TPSA) is 84.5 Å². The van der Waals surface area contributed by atoms with Crippen LogP contribution in [0.1, 0.15) is 18.1 Å². The van der Waals surface area contributed by atoms with Crippen molar-refractivity contribution in [3.63, 3.8) is 0 Å². The van der Waals surface area contributed by atoms with Gasteiger partial charge in [-0.1, -0.05) is 48.0 Å². The molecule has 0 aromatic heterocycles. The van der Waals surface area contributed by atoms with E-state index in [0.717, 1.165) is 5.56 Å². The Morgan fingerprint density at radius 1 is 1.12 bits per heavy atom. The van der Waals surface area contributed by atoms with E-state index in [0.29, 0.717) is 22.9 Å². The van der Waals surface area contributed by atoms with Crippen molar-refractivity contribution in [1.29, 1.82) is 0 Å². The first-order chi connectivity index (χ1) is 12.3. The van der Waals surface area contributed by atoms with Crippen molar-refractivity contribution in [3.8, 4) is 5.75 Å². The van der Waals surface area contributed by atoms with Crippen molar-refractivity contribution < 1.29 is 17.9 Å². The number of benzene rings is 2. The largest absolute Gasteiger partial charge is 0.479 e. The van der Waals surface area contributed by atoms with Crippen LogP contribution in [0.15, 0.2) is 48.5 Å². The fourth-order valence-electron chi connectivity index (χ4n) is 2.16. The molecule has 2 rings (SSSR count). The number of hydrogen-bond acceptors (Lipinski definition) is 4. The molecule has 6 nitrogen and oxygen atoms in total. The summed E-state index contributed by atoms with van der Waals surface area (Å²) < 4.78 is 30.9. The second-order valence-electron chi connectivity index (χ2n) is 5.69. The quantitative estimate of drug-likeness (QED) is 0.717. The molecule has 2 aromatic rings. The Labute approximate surface area is 158 Å². The van der Waals surface area contributed by atoms with Crippen LogP contribution >= 0.6 is 11.6 Å². The molecule has 1 atom stereocenters. The van der Waals surface area contributed by atoms with Crippen molar-refractivity contribution in [1.82, 2.24) is 10.0 Å². The summed E-state index contributed by atoms with van der Waals surface area (Å²) in [6, 6.07) is 14.0. The lowest BCUT2D eigenvalue weighted by Crippen LogP contribution is -2.35. The minimum Gasteiger partial charge on any atom is -0.479 e. The monoisotopic (exact) mass is 396 g/mol. The summed E-state index contributed by atoms with van der Waals surface area (Å²) in [5.74, 6) is 0.0948. The molecule has 2 aromatic carbocycles. The number of para-hydroxylation sites is 1. The average molecular weight is 397 g/mol. The third kappa shape index (κ3) is 6.01. The van der Waals surface area contributed by atoms with Crippen LogP contribution in [0.2, 0.25) is 5.02 Å². The molecule has 26 heavy (non-hydrogen) atoms. The molecule has 0 aliphatic rings. The minimum atomic E-state index is -3.30. The summed E-state index contributed by atoms with van der Waals surface area (Å²) in [5.41, 5.74) is 1.53. The van der Waals surface area contributed by atoms with E-state index >= 15 is 0 Å². The Morgan fingerprint density at radius 2 is 1.73 bits per heavy atom.